The first-order valence-electron chi connectivity index (χ1n) is 19.6. The highest BCUT2D eigenvalue weighted by molar-refractivity contribution is 6.07. The number of aromatic nitrogens is 3. The number of nitrogens with zero attached hydrogens (tertiary/aromatic N) is 2. The molecule has 11 nitrogen and oxygen atoms in total. The predicted molar refractivity (Wildman–Crippen MR) is 206 cm³/mol. The van der Waals surface area contributed by atoms with Crippen molar-refractivity contribution in [3.8, 4) is 39.8 Å². The lowest BCUT2D eigenvalue weighted by molar-refractivity contribution is -0.137. The number of ether oxygens (including phenoxy) is 1. The Kier molecular flexibility index (Phi) is 6.72. The van der Waals surface area contributed by atoms with Crippen LogP contribution in [-0.2, 0) is 21.4 Å². The molecule has 1 aliphatic carbocycles. The van der Waals surface area contributed by atoms with Crippen molar-refractivity contribution in [2.45, 2.75) is 83.5 Å². The van der Waals surface area contributed by atoms with E-state index in [1.807, 2.05) is 32.2 Å². The zero-order valence-corrected chi connectivity index (χ0v) is 31.2. The van der Waals surface area contributed by atoms with E-state index in [9.17, 15) is 9.59 Å². The maximum atomic E-state index is 14.5. The van der Waals surface area contributed by atoms with Crippen LogP contribution in [0.2, 0.25) is 0 Å². The molecule has 1 saturated carbocycles. The van der Waals surface area contributed by atoms with E-state index in [1.54, 1.807) is 6.20 Å². The highest BCUT2D eigenvalue weighted by Gasteiger charge is 2.62. The standard InChI is InChI=1S/C44H42N6O5/c1-5-43(6-2,23-14-15-23)41(52)47-30-18-22-13-16-31-28(17-22)44-27-11-7-10-25(35(27)50-42(44)54-31)24-9-8-12-29-33(24)26(19-45-29)32-20-46-39(53-32)36-37(44)55-40(49-36)34(21(3)4)48-38(30)51/h7-13,16-17,19-21,23,30,34,42,45,50H,5-6,14-15,18H2,1-4H3,(H,47,52)(H,48,51)/t30-,34?,42?,44?/m0/s1. The van der Waals surface area contributed by atoms with Crippen molar-refractivity contribution >= 4 is 28.4 Å². The summed E-state index contributed by atoms with van der Waals surface area (Å²) in [6, 6.07) is 17.3. The van der Waals surface area contributed by atoms with E-state index in [0.29, 0.717) is 47.1 Å². The molecule has 0 radical (unpaired) electrons. The van der Waals surface area contributed by atoms with E-state index in [1.165, 1.54) is 0 Å². The first kappa shape index (κ1) is 32.6. The number of nitrogens with one attached hydrogen (secondary N) is 4. The summed E-state index contributed by atoms with van der Waals surface area (Å²) < 4.78 is 20.6. The summed E-state index contributed by atoms with van der Waals surface area (Å²) in [7, 11) is 0. The number of amides is 2. The summed E-state index contributed by atoms with van der Waals surface area (Å²) in [6.07, 6.45) is 6.91. The molecule has 4 atom stereocenters. The van der Waals surface area contributed by atoms with Gasteiger partial charge in [-0.2, -0.15) is 0 Å². The van der Waals surface area contributed by atoms with Crippen LogP contribution in [0, 0.1) is 17.3 Å². The average Bonchev–Trinajstić information content (AvgIpc) is 3.54. The Morgan fingerprint density at radius 2 is 1.82 bits per heavy atom. The van der Waals surface area contributed by atoms with Crippen LogP contribution >= 0.6 is 0 Å². The molecule has 6 aromatic rings. The monoisotopic (exact) mass is 734 g/mol. The molecule has 10 bridgehead atoms. The maximum Gasteiger partial charge on any atom is 0.249 e. The lowest BCUT2D eigenvalue weighted by Crippen LogP contribution is -2.54. The number of para-hydroxylation sites is 1. The van der Waals surface area contributed by atoms with Gasteiger partial charge < -0.3 is 34.5 Å². The second kappa shape index (κ2) is 11.3. The summed E-state index contributed by atoms with van der Waals surface area (Å²) in [5, 5.41) is 11.4. The van der Waals surface area contributed by atoms with Gasteiger partial charge in [-0.05, 0) is 60.8 Å². The molecule has 11 rings (SSSR count). The summed E-state index contributed by atoms with van der Waals surface area (Å²) in [4.78, 5) is 42.3. The van der Waals surface area contributed by atoms with Gasteiger partial charge in [0, 0.05) is 51.5 Å². The van der Waals surface area contributed by atoms with Crippen molar-refractivity contribution in [1.82, 2.24) is 25.6 Å². The zero-order chi connectivity index (χ0) is 37.4. The van der Waals surface area contributed by atoms with E-state index >= 15 is 0 Å². The van der Waals surface area contributed by atoms with Crippen LogP contribution in [-0.4, -0.2) is 39.0 Å². The lowest BCUT2D eigenvalue weighted by Gasteiger charge is -2.33. The molecule has 2 amide bonds. The Balaban J connectivity index is 1.17. The summed E-state index contributed by atoms with van der Waals surface area (Å²) in [6.45, 7) is 8.22. The number of rotatable bonds is 6. The summed E-state index contributed by atoms with van der Waals surface area (Å²) >= 11 is 0. The minimum absolute atomic E-state index is 0.0537. The molecule has 7 heterocycles. The molecule has 1 fully saturated rings. The number of hydrogen-bond acceptors (Lipinski definition) is 8. The predicted octanol–water partition coefficient (Wildman–Crippen LogP) is 8.01. The van der Waals surface area contributed by atoms with Crippen LogP contribution in [0.15, 0.2) is 75.8 Å². The number of carbonyl (C=O) groups excluding carboxylic acids is 2. The second-order valence-electron chi connectivity index (χ2n) is 16.3. The average molecular weight is 735 g/mol. The van der Waals surface area contributed by atoms with Crippen molar-refractivity contribution in [1.29, 1.82) is 0 Å². The third-order valence-electron chi connectivity index (χ3n) is 13.2. The summed E-state index contributed by atoms with van der Waals surface area (Å²) in [5.74, 6) is 2.33. The molecule has 5 aliphatic rings. The van der Waals surface area contributed by atoms with Crippen molar-refractivity contribution in [2.24, 2.45) is 17.3 Å². The Labute approximate surface area is 317 Å². The Hall–Kier alpha value is -5.84. The fraction of sp³-hybridized carbons (Fsp3) is 0.364. The molecule has 0 saturated heterocycles. The van der Waals surface area contributed by atoms with E-state index in [-0.39, 0.29) is 17.7 Å². The number of oxazole rings is 2. The third kappa shape index (κ3) is 4.32. The van der Waals surface area contributed by atoms with Gasteiger partial charge in [-0.1, -0.05) is 70.2 Å². The van der Waals surface area contributed by atoms with Crippen LogP contribution in [0.1, 0.15) is 87.8 Å². The third-order valence-corrected chi connectivity index (χ3v) is 13.2. The van der Waals surface area contributed by atoms with Gasteiger partial charge in [-0.3, -0.25) is 9.59 Å². The van der Waals surface area contributed by atoms with Gasteiger partial charge in [-0.15, -0.1) is 0 Å². The molecule has 11 heteroatoms. The quantitative estimate of drug-likeness (QED) is 0.135. The molecule has 3 aromatic carbocycles. The number of fused-ring (bicyclic) bond motifs is 7. The largest absolute Gasteiger partial charge is 0.469 e. The number of benzene rings is 3. The van der Waals surface area contributed by atoms with Crippen molar-refractivity contribution in [3.63, 3.8) is 0 Å². The van der Waals surface area contributed by atoms with Gasteiger partial charge in [0.25, 0.3) is 0 Å². The lowest BCUT2D eigenvalue weighted by atomic mass is 9.72. The van der Waals surface area contributed by atoms with Crippen molar-refractivity contribution < 1.29 is 23.2 Å². The first-order chi connectivity index (χ1) is 26.7. The highest BCUT2D eigenvalue weighted by Crippen LogP contribution is 2.61. The van der Waals surface area contributed by atoms with E-state index in [4.69, 9.17) is 23.5 Å². The molecule has 1 spiro atoms. The van der Waals surface area contributed by atoms with E-state index < -0.39 is 29.1 Å². The van der Waals surface area contributed by atoms with Crippen LogP contribution in [0.25, 0.3) is 44.9 Å². The van der Waals surface area contributed by atoms with Gasteiger partial charge in [-0.25, -0.2) is 9.97 Å². The number of hydrogen-bond donors (Lipinski definition) is 4. The van der Waals surface area contributed by atoms with Gasteiger partial charge >= 0.3 is 0 Å². The molecule has 4 aliphatic heterocycles. The normalized spacial score (nSPS) is 23.0. The number of H-pyrrole nitrogens is 1. The molecular weight excluding hydrogens is 693 g/mol. The zero-order valence-electron chi connectivity index (χ0n) is 31.2. The number of aromatic amines is 1. The smallest absolute Gasteiger partial charge is 0.249 e. The van der Waals surface area contributed by atoms with Crippen molar-refractivity contribution in [2.75, 3.05) is 5.32 Å². The first-order valence-corrected chi connectivity index (χ1v) is 19.6. The van der Waals surface area contributed by atoms with Crippen LogP contribution < -0.4 is 20.7 Å². The number of anilines is 1. The van der Waals surface area contributed by atoms with Gasteiger partial charge in [0.05, 0.1) is 11.6 Å². The maximum absolute atomic E-state index is 14.5. The second-order valence-corrected chi connectivity index (χ2v) is 16.3. The molecule has 3 aromatic heterocycles. The van der Waals surface area contributed by atoms with E-state index in [2.05, 4.69) is 77.2 Å². The van der Waals surface area contributed by atoms with Crippen LogP contribution in [0.4, 0.5) is 5.69 Å². The molecule has 3 unspecified atom stereocenters. The number of carbonyl (C=O) groups is 2. The van der Waals surface area contributed by atoms with Gasteiger partial charge in [0.1, 0.15) is 23.2 Å². The van der Waals surface area contributed by atoms with Crippen LogP contribution in [0.3, 0.4) is 0 Å². The molecular formula is C44H42N6O5. The Bertz CT molecular complexity index is 2590. The van der Waals surface area contributed by atoms with Gasteiger partial charge in [0.15, 0.2) is 23.4 Å². The Morgan fingerprint density at radius 1 is 1.00 bits per heavy atom. The van der Waals surface area contributed by atoms with Gasteiger partial charge in [0.2, 0.25) is 23.6 Å². The fourth-order valence-electron chi connectivity index (χ4n) is 10.1. The van der Waals surface area contributed by atoms with E-state index in [0.717, 1.165) is 75.7 Å². The molecule has 278 valence electrons. The molecule has 4 N–H and O–H groups in total. The highest BCUT2D eigenvalue weighted by atomic mass is 16.5. The fourth-order valence-corrected chi connectivity index (χ4v) is 10.1. The minimum atomic E-state index is -1.02. The molecule has 55 heavy (non-hydrogen) atoms. The Morgan fingerprint density at radius 3 is 2.62 bits per heavy atom. The topological polar surface area (TPSA) is 147 Å². The summed E-state index contributed by atoms with van der Waals surface area (Å²) in [5.41, 5.74) is 6.53. The van der Waals surface area contributed by atoms with Crippen molar-refractivity contribution in [3.05, 3.63) is 95.3 Å². The minimum Gasteiger partial charge on any atom is -0.469 e. The SMILES string of the molecule is CCC(CC)(C(=O)N[C@H]1Cc2ccc3c(c2)C24c5cccc(c5NC2O3)-c2cccc3[nH]cc(c23)-c2cnc(o2)-c2nc(oc24)C(C(C)C)NC1=O)C1CC1. The van der Waals surface area contributed by atoms with Crippen LogP contribution in [0.5, 0.6) is 5.75 Å².